The molecule has 0 aliphatic heterocycles. The van der Waals surface area contributed by atoms with Gasteiger partial charge in [0.25, 0.3) is 0 Å². The van der Waals surface area contributed by atoms with Gasteiger partial charge in [0.05, 0.1) is 12.6 Å². The molecule has 1 amide bonds. The highest BCUT2D eigenvalue weighted by Crippen LogP contribution is 2.22. The molecule has 2 aromatic rings. The molecule has 0 radical (unpaired) electrons. The van der Waals surface area contributed by atoms with Gasteiger partial charge in [-0.2, -0.15) is 0 Å². The molecular formula is C21H28N2O. The van der Waals surface area contributed by atoms with E-state index in [1.54, 1.807) is 0 Å². The van der Waals surface area contributed by atoms with Crippen LogP contribution in [0.4, 0.5) is 0 Å². The van der Waals surface area contributed by atoms with Crippen LogP contribution in [0.3, 0.4) is 0 Å². The van der Waals surface area contributed by atoms with Crippen LogP contribution in [-0.4, -0.2) is 18.0 Å². The van der Waals surface area contributed by atoms with E-state index in [-0.39, 0.29) is 24.0 Å². The number of carbonyl (C=O) groups is 1. The first-order valence-electron chi connectivity index (χ1n) is 8.57. The van der Waals surface area contributed by atoms with Crippen molar-refractivity contribution in [2.75, 3.05) is 6.54 Å². The number of benzene rings is 2. The lowest BCUT2D eigenvalue weighted by Gasteiger charge is -2.26. The lowest BCUT2D eigenvalue weighted by molar-refractivity contribution is -0.121. The fourth-order valence-corrected chi connectivity index (χ4v) is 2.54. The molecule has 0 aliphatic carbocycles. The SMILES string of the molecule is CCC(C)(C)NC(=O)CN[C@@H](c1ccccc1)c1ccc(C)cc1. The van der Waals surface area contributed by atoms with Crippen molar-refractivity contribution < 1.29 is 4.79 Å². The molecule has 3 heteroatoms. The van der Waals surface area contributed by atoms with Crippen molar-refractivity contribution in [3.8, 4) is 0 Å². The Morgan fingerprint density at radius 3 is 2.17 bits per heavy atom. The van der Waals surface area contributed by atoms with Crippen LogP contribution in [0.15, 0.2) is 54.6 Å². The minimum Gasteiger partial charge on any atom is -0.350 e. The maximum Gasteiger partial charge on any atom is 0.234 e. The van der Waals surface area contributed by atoms with E-state index in [0.717, 1.165) is 17.5 Å². The van der Waals surface area contributed by atoms with Crippen LogP contribution in [0.2, 0.25) is 0 Å². The molecule has 0 saturated carbocycles. The Kier molecular flexibility index (Phi) is 6.16. The van der Waals surface area contributed by atoms with Gasteiger partial charge in [-0.1, -0.05) is 67.1 Å². The number of hydrogen-bond acceptors (Lipinski definition) is 2. The standard InChI is InChI=1S/C21H28N2O/c1-5-21(3,4)23-19(24)15-22-20(17-9-7-6-8-10-17)18-13-11-16(2)12-14-18/h6-14,20,22H,5,15H2,1-4H3,(H,23,24)/t20-/m0/s1. The summed E-state index contributed by atoms with van der Waals surface area (Å²) in [4.78, 5) is 12.3. The van der Waals surface area contributed by atoms with Crippen LogP contribution < -0.4 is 10.6 Å². The number of nitrogens with one attached hydrogen (secondary N) is 2. The van der Waals surface area contributed by atoms with E-state index >= 15 is 0 Å². The average Bonchev–Trinajstić information content (AvgIpc) is 2.57. The largest absolute Gasteiger partial charge is 0.350 e. The topological polar surface area (TPSA) is 41.1 Å². The van der Waals surface area contributed by atoms with E-state index in [4.69, 9.17) is 0 Å². The Morgan fingerprint density at radius 1 is 1.00 bits per heavy atom. The highest BCUT2D eigenvalue weighted by atomic mass is 16.2. The summed E-state index contributed by atoms with van der Waals surface area (Å²) in [7, 11) is 0. The van der Waals surface area contributed by atoms with Gasteiger partial charge < -0.3 is 5.32 Å². The predicted octanol–water partition coefficient (Wildman–Crippen LogP) is 3.98. The number of hydrogen-bond donors (Lipinski definition) is 2. The summed E-state index contributed by atoms with van der Waals surface area (Å²) < 4.78 is 0. The van der Waals surface area contributed by atoms with Crippen LogP contribution >= 0.6 is 0 Å². The summed E-state index contributed by atoms with van der Waals surface area (Å²) in [5, 5.41) is 6.48. The molecule has 1 atom stereocenters. The first kappa shape index (κ1) is 18.2. The molecule has 0 heterocycles. The van der Waals surface area contributed by atoms with Gasteiger partial charge in [-0.15, -0.1) is 0 Å². The van der Waals surface area contributed by atoms with Gasteiger partial charge >= 0.3 is 0 Å². The van der Waals surface area contributed by atoms with Gasteiger partial charge in [-0.3, -0.25) is 10.1 Å². The molecule has 0 saturated heterocycles. The Labute approximate surface area is 145 Å². The van der Waals surface area contributed by atoms with Crippen molar-refractivity contribution >= 4 is 5.91 Å². The van der Waals surface area contributed by atoms with Crippen molar-refractivity contribution in [3.05, 3.63) is 71.3 Å². The van der Waals surface area contributed by atoms with Crippen LogP contribution in [0.5, 0.6) is 0 Å². The van der Waals surface area contributed by atoms with Gasteiger partial charge in [0.15, 0.2) is 0 Å². The predicted molar refractivity (Wildman–Crippen MR) is 100.0 cm³/mol. The molecule has 2 aromatic carbocycles. The maximum atomic E-state index is 12.3. The zero-order chi connectivity index (χ0) is 17.6. The molecule has 0 spiro atoms. The summed E-state index contributed by atoms with van der Waals surface area (Å²) in [6.07, 6.45) is 0.902. The van der Waals surface area contributed by atoms with E-state index in [1.165, 1.54) is 5.56 Å². The highest BCUT2D eigenvalue weighted by Gasteiger charge is 2.19. The van der Waals surface area contributed by atoms with Crippen molar-refractivity contribution in [1.29, 1.82) is 0 Å². The lowest BCUT2D eigenvalue weighted by atomic mass is 9.97. The smallest absolute Gasteiger partial charge is 0.234 e. The molecule has 0 aliphatic rings. The Bertz CT molecular complexity index is 647. The molecule has 0 fully saturated rings. The summed E-state index contributed by atoms with van der Waals surface area (Å²) in [6, 6.07) is 18.7. The third-order valence-electron chi connectivity index (χ3n) is 4.37. The van der Waals surface area contributed by atoms with Crippen LogP contribution in [0, 0.1) is 6.92 Å². The maximum absolute atomic E-state index is 12.3. The van der Waals surface area contributed by atoms with Gasteiger partial charge in [0.1, 0.15) is 0 Å². The second kappa shape index (κ2) is 8.11. The third kappa shape index (κ3) is 5.20. The average molecular weight is 324 g/mol. The Balaban J connectivity index is 2.13. The van der Waals surface area contributed by atoms with Crippen LogP contribution in [0.25, 0.3) is 0 Å². The fraction of sp³-hybridized carbons (Fsp3) is 0.381. The third-order valence-corrected chi connectivity index (χ3v) is 4.37. The summed E-state index contributed by atoms with van der Waals surface area (Å²) in [6.45, 7) is 8.53. The molecule has 0 aromatic heterocycles. The van der Waals surface area contributed by atoms with E-state index in [1.807, 2.05) is 32.0 Å². The van der Waals surface area contributed by atoms with Gasteiger partial charge in [-0.05, 0) is 38.3 Å². The summed E-state index contributed by atoms with van der Waals surface area (Å²) in [5.41, 5.74) is 3.37. The second-order valence-electron chi connectivity index (χ2n) is 6.92. The quantitative estimate of drug-likeness (QED) is 0.809. The van der Waals surface area contributed by atoms with E-state index in [2.05, 4.69) is 60.9 Å². The molecule has 24 heavy (non-hydrogen) atoms. The van der Waals surface area contributed by atoms with Crippen LogP contribution in [0.1, 0.15) is 49.9 Å². The van der Waals surface area contributed by atoms with Gasteiger partial charge in [-0.25, -0.2) is 0 Å². The molecule has 0 bridgehead atoms. The monoisotopic (exact) mass is 324 g/mol. The minimum absolute atomic E-state index is 0.00212. The zero-order valence-corrected chi connectivity index (χ0v) is 15.1. The van der Waals surface area contributed by atoms with Crippen molar-refractivity contribution in [1.82, 2.24) is 10.6 Å². The number of amides is 1. The zero-order valence-electron chi connectivity index (χ0n) is 15.1. The first-order valence-corrected chi connectivity index (χ1v) is 8.57. The normalized spacial score (nSPS) is 12.7. The van der Waals surface area contributed by atoms with Crippen molar-refractivity contribution in [3.63, 3.8) is 0 Å². The van der Waals surface area contributed by atoms with Crippen molar-refractivity contribution in [2.24, 2.45) is 0 Å². The van der Waals surface area contributed by atoms with E-state index in [9.17, 15) is 4.79 Å². The van der Waals surface area contributed by atoms with Crippen molar-refractivity contribution in [2.45, 2.75) is 45.7 Å². The summed E-state index contributed by atoms with van der Waals surface area (Å²) in [5.74, 6) is 0.0230. The number of carbonyl (C=O) groups excluding carboxylic acids is 1. The van der Waals surface area contributed by atoms with Crippen LogP contribution in [-0.2, 0) is 4.79 Å². The van der Waals surface area contributed by atoms with E-state index in [0.29, 0.717) is 0 Å². The highest BCUT2D eigenvalue weighted by molar-refractivity contribution is 5.78. The van der Waals surface area contributed by atoms with E-state index < -0.39 is 0 Å². The fourth-order valence-electron chi connectivity index (χ4n) is 2.54. The molecule has 0 unspecified atom stereocenters. The minimum atomic E-state index is -0.176. The Hall–Kier alpha value is -2.13. The molecule has 128 valence electrons. The molecule has 3 nitrogen and oxygen atoms in total. The number of rotatable bonds is 7. The second-order valence-corrected chi connectivity index (χ2v) is 6.92. The summed E-state index contributed by atoms with van der Waals surface area (Å²) >= 11 is 0. The lowest BCUT2D eigenvalue weighted by Crippen LogP contribution is -2.47. The number of aryl methyl sites for hydroxylation is 1. The Morgan fingerprint density at radius 2 is 1.58 bits per heavy atom. The molecule has 2 rings (SSSR count). The first-order chi connectivity index (χ1) is 11.4. The van der Waals surface area contributed by atoms with Gasteiger partial charge in [0.2, 0.25) is 5.91 Å². The molecule has 2 N–H and O–H groups in total. The van der Waals surface area contributed by atoms with Gasteiger partial charge in [0, 0.05) is 5.54 Å². The molecular weight excluding hydrogens is 296 g/mol.